The number of nitro benzene ring substituents is 1. The van der Waals surface area contributed by atoms with Crippen molar-refractivity contribution in [3.63, 3.8) is 0 Å². The Morgan fingerprint density at radius 3 is 2.36 bits per heavy atom. The van der Waals surface area contributed by atoms with E-state index in [2.05, 4.69) is 10.6 Å². The maximum Gasteiger partial charge on any atom is 0.315 e. The number of rotatable bonds is 5. The molecular formula is C17H23N3O5. The lowest BCUT2D eigenvalue weighted by Crippen LogP contribution is -2.50. The van der Waals surface area contributed by atoms with Crippen molar-refractivity contribution in [3.05, 3.63) is 39.9 Å². The average Bonchev–Trinajstić information content (AvgIpc) is 2.54. The van der Waals surface area contributed by atoms with E-state index in [9.17, 15) is 19.7 Å². The van der Waals surface area contributed by atoms with Gasteiger partial charge in [0.2, 0.25) is 0 Å². The minimum absolute atomic E-state index is 0.0465. The molecule has 0 spiro atoms. The van der Waals surface area contributed by atoms with Crippen LogP contribution in [0.5, 0.6) is 0 Å². The maximum absolute atomic E-state index is 12.3. The first-order chi connectivity index (χ1) is 11.7. The number of carbonyl (C=O) groups excluding carboxylic acids is 1. The lowest BCUT2D eigenvalue weighted by atomic mass is 9.86. The molecule has 1 aliphatic rings. The number of carboxylic acid groups (broad SMARTS) is 1. The molecule has 1 saturated carbocycles. The molecule has 0 bridgehead atoms. The predicted molar refractivity (Wildman–Crippen MR) is 91.2 cm³/mol. The Morgan fingerprint density at radius 1 is 1.20 bits per heavy atom. The van der Waals surface area contributed by atoms with Gasteiger partial charge in [0.1, 0.15) is 0 Å². The minimum Gasteiger partial charge on any atom is -0.481 e. The summed E-state index contributed by atoms with van der Waals surface area (Å²) in [5.41, 5.74) is -0.550. The van der Waals surface area contributed by atoms with Gasteiger partial charge in [0, 0.05) is 12.1 Å². The fourth-order valence-electron chi connectivity index (χ4n) is 3.22. The summed E-state index contributed by atoms with van der Waals surface area (Å²) in [4.78, 5) is 34.0. The molecule has 0 atom stereocenters. The molecule has 1 aromatic rings. The number of hydrogen-bond donors (Lipinski definition) is 3. The fraction of sp³-hybridized carbons (Fsp3) is 0.529. The molecule has 1 aliphatic carbocycles. The van der Waals surface area contributed by atoms with Gasteiger partial charge in [-0.25, -0.2) is 4.79 Å². The van der Waals surface area contributed by atoms with Gasteiger partial charge >= 0.3 is 12.0 Å². The van der Waals surface area contributed by atoms with Crippen molar-refractivity contribution in [2.24, 2.45) is 5.92 Å². The lowest BCUT2D eigenvalue weighted by Gasteiger charge is -2.30. The van der Waals surface area contributed by atoms with Crippen molar-refractivity contribution in [2.45, 2.75) is 51.1 Å². The number of nitrogens with zero attached hydrogens (tertiary/aromatic N) is 1. The summed E-state index contributed by atoms with van der Waals surface area (Å²) in [5.74, 6) is -1.13. The van der Waals surface area contributed by atoms with E-state index in [1.54, 1.807) is 32.0 Å². The second-order valence-corrected chi connectivity index (χ2v) is 6.88. The monoisotopic (exact) mass is 349 g/mol. The molecule has 8 heteroatoms. The van der Waals surface area contributed by atoms with Gasteiger partial charge in [0.05, 0.1) is 21.9 Å². The van der Waals surface area contributed by atoms with Crippen LogP contribution >= 0.6 is 0 Å². The van der Waals surface area contributed by atoms with Crippen LogP contribution < -0.4 is 10.6 Å². The van der Waals surface area contributed by atoms with Crippen LogP contribution in [0.25, 0.3) is 0 Å². The van der Waals surface area contributed by atoms with E-state index >= 15 is 0 Å². The Morgan fingerprint density at radius 2 is 1.80 bits per heavy atom. The number of benzene rings is 1. The topological polar surface area (TPSA) is 122 Å². The van der Waals surface area contributed by atoms with Gasteiger partial charge in [0.25, 0.3) is 5.69 Å². The summed E-state index contributed by atoms with van der Waals surface area (Å²) in [5, 5.41) is 25.8. The highest BCUT2D eigenvalue weighted by Crippen LogP contribution is 2.29. The second-order valence-electron chi connectivity index (χ2n) is 6.88. The molecule has 136 valence electrons. The van der Waals surface area contributed by atoms with E-state index in [1.165, 1.54) is 6.07 Å². The van der Waals surface area contributed by atoms with E-state index in [4.69, 9.17) is 5.11 Å². The molecule has 0 aliphatic heterocycles. The van der Waals surface area contributed by atoms with Crippen molar-refractivity contribution in [3.8, 4) is 0 Å². The van der Waals surface area contributed by atoms with E-state index in [-0.39, 0.29) is 17.6 Å². The fourth-order valence-corrected chi connectivity index (χ4v) is 3.22. The SMILES string of the molecule is CC(C)(NC(=O)NC1CCC(C(=O)O)CC1)c1ccccc1[N+](=O)[O-]. The van der Waals surface area contributed by atoms with Crippen LogP contribution in [0, 0.1) is 16.0 Å². The van der Waals surface area contributed by atoms with Gasteiger partial charge in [-0.05, 0) is 45.6 Å². The number of carbonyl (C=O) groups is 2. The molecule has 3 N–H and O–H groups in total. The number of carboxylic acids is 1. The lowest BCUT2D eigenvalue weighted by molar-refractivity contribution is -0.386. The molecule has 2 rings (SSSR count). The van der Waals surface area contributed by atoms with E-state index < -0.39 is 22.5 Å². The zero-order valence-electron chi connectivity index (χ0n) is 14.3. The first kappa shape index (κ1) is 18.7. The molecule has 0 radical (unpaired) electrons. The molecule has 2 amide bonds. The van der Waals surface area contributed by atoms with Crippen LogP contribution in [0.3, 0.4) is 0 Å². The zero-order valence-corrected chi connectivity index (χ0v) is 14.3. The molecule has 25 heavy (non-hydrogen) atoms. The van der Waals surface area contributed by atoms with E-state index in [0.29, 0.717) is 31.2 Å². The van der Waals surface area contributed by atoms with Gasteiger partial charge in [-0.1, -0.05) is 12.1 Å². The van der Waals surface area contributed by atoms with Crippen LogP contribution in [0.2, 0.25) is 0 Å². The summed E-state index contributed by atoms with van der Waals surface area (Å²) in [6, 6.07) is 5.80. The molecule has 1 aromatic carbocycles. The van der Waals surface area contributed by atoms with Gasteiger partial charge < -0.3 is 15.7 Å². The van der Waals surface area contributed by atoms with Gasteiger partial charge in [-0.15, -0.1) is 0 Å². The third kappa shape index (κ3) is 4.68. The van der Waals surface area contributed by atoms with E-state index in [0.717, 1.165) is 0 Å². The second kappa shape index (κ2) is 7.50. The van der Waals surface area contributed by atoms with Crippen LogP contribution in [0.15, 0.2) is 24.3 Å². The highest BCUT2D eigenvalue weighted by molar-refractivity contribution is 5.76. The Bertz CT molecular complexity index is 666. The summed E-state index contributed by atoms with van der Waals surface area (Å²) >= 11 is 0. The Kier molecular flexibility index (Phi) is 5.61. The summed E-state index contributed by atoms with van der Waals surface area (Å²) in [6.07, 6.45) is 2.29. The molecule has 0 aromatic heterocycles. The Balaban J connectivity index is 1.98. The average molecular weight is 349 g/mol. The smallest absolute Gasteiger partial charge is 0.315 e. The van der Waals surface area contributed by atoms with Crippen LogP contribution in [0.4, 0.5) is 10.5 Å². The van der Waals surface area contributed by atoms with Crippen molar-refractivity contribution < 1.29 is 19.6 Å². The van der Waals surface area contributed by atoms with Crippen LogP contribution in [0.1, 0.15) is 45.1 Å². The number of aliphatic carboxylic acids is 1. The predicted octanol–water partition coefficient (Wildman–Crippen LogP) is 2.77. The molecule has 0 heterocycles. The largest absolute Gasteiger partial charge is 0.481 e. The number of hydrogen-bond acceptors (Lipinski definition) is 4. The van der Waals surface area contributed by atoms with Gasteiger partial charge in [-0.2, -0.15) is 0 Å². The third-order valence-electron chi connectivity index (χ3n) is 4.61. The first-order valence-electron chi connectivity index (χ1n) is 8.26. The highest BCUT2D eigenvalue weighted by atomic mass is 16.6. The van der Waals surface area contributed by atoms with Crippen molar-refractivity contribution in [1.29, 1.82) is 0 Å². The van der Waals surface area contributed by atoms with Crippen LogP contribution in [-0.2, 0) is 10.3 Å². The van der Waals surface area contributed by atoms with E-state index in [1.807, 2.05) is 0 Å². The quantitative estimate of drug-likeness (QED) is 0.557. The maximum atomic E-state index is 12.3. The van der Waals surface area contributed by atoms with Gasteiger partial charge in [0.15, 0.2) is 0 Å². The number of nitrogens with one attached hydrogen (secondary N) is 2. The first-order valence-corrected chi connectivity index (χ1v) is 8.26. The van der Waals surface area contributed by atoms with Crippen molar-refractivity contribution in [2.75, 3.05) is 0 Å². The number of para-hydroxylation sites is 1. The molecule has 0 unspecified atom stereocenters. The summed E-state index contributed by atoms with van der Waals surface area (Å²) in [6.45, 7) is 3.41. The zero-order chi connectivity index (χ0) is 18.6. The van der Waals surface area contributed by atoms with Crippen LogP contribution in [-0.4, -0.2) is 28.1 Å². The minimum atomic E-state index is -0.925. The molecule has 1 fully saturated rings. The third-order valence-corrected chi connectivity index (χ3v) is 4.61. The summed E-state index contributed by atoms with van der Waals surface area (Å²) < 4.78 is 0. The standard InChI is InChI=1S/C17H23N3O5/c1-17(2,13-5-3-4-6-14(13)20(24)25)19-16(23)18-12-9-7-11(8-10-12)15(21)22/h3-6,11-12H,7-10H2,1-2H3,(H,21,22)(H2,18,19,23). The van der Waals surface area contributed by atoms with Gasteiger partial charge in [-0.3, -0.25) is 14.9 Å². The van der Waals surface area contributed by atoms with Crippen molar-refractivity contribution in [1.82, 2.24) is 10.6 Å². The summed E-state index contributed by atoms with van der Waals surface area (Å²) in [7, 11) is 0. The highest BCUT2D eigenvalue weighted by Gasteiger charge is 2.32. The normalized spacial score (nSPS) is 20.6. The molecule has 0 saturated heterocycles. The Labute approximate surface area is 145 Å². The Hall–Kier alpha value is -2.64. The molecule has 8 nitrogen and oxygen atoms in total. The van der Waals surface area contributed by atoms with Crippen molar-refractivity contribution >= 4 is 17.7 Å². The number of urea groups is 1. The number of nitro groups is 1. The molecular weight excluding hydrogens is 326 g/mol. The number of amides is 2.